The maximum atomic E-state index is 12.0. The predicted molar refractivity (Wildman–Crippen MR) is 75.7 cm³/mol. The summed E-state index contributed by atoms with van der Waals surface area (Å²) in [5.74, 6) is 0.636. The van der Waals surface area contributed by atoms with Crippen molar-refractivity contribution in [1.29, 1.82) is 0 Å². The van der Waals surface area contributed by atoms with Gasteiger partial charge in [0.15, 0.2) is 5.78 Å². The van der Waals surface area contributed by atoms with E-state index >= 15 is 0 Å². The molecule has 0 saturated heterocycles. The predicted octanol–water partition coefficient (Wildman–Crippen LogP) is 3.64. The Morgan fingerprint density at radius 3 is 2.50 bits per heavy atom. The van der Waals surface area contributed by atoms with E-state index < -0.39 is 5.97 Å². The second-order valence-corrected chi connectivity index (χ2v) is 6.25. The molecule has 2 aliphatic rings. The second kappa shape index (κ2) is 5.57. The van der Waals surface area contributed by atoms with Gasteiger partial charge in [-0.05, 0) is 61.8 Å². The minimum Gasteiger partial charge on any atom is -0.462 e. The molecule has 0 radical (unpaired) electrons. The van der Waals surface area contributed by atoms with Gasteiger partial charge in [-0.15, -0.1) is 0 Å². The second-order valence-electron chi connectivity index (χ2n) is 5.81. The summed E-state index contributed by atoms with van der Waals surface area (Å²) in [5.41, 5.74) is 0.499. The Bertz CT molecular complexity index is 523. The lowest BCUT2D eigenvalue weighted by molar-refractivity contribution is -0.150. The number of halogens is 1. The van der Waals surface area contributed by atoms with E-state index in [0.717, 1.165) is 18.8 Å². The Kier molecular flexibility index (Phi) is 3.79. The third-order valence-corrected chi connectivity index (χ3v) is 4.68. The zero-order valence-electron chi connectivity index (χ0n) is 11.2. The Labute approximate surface area is 123 Å². The number of hydrogen-bond acceptors (Lipinski definition) is 3. The minimum absolute atomic E-state index is 0.0410. The fourth-order valence-corrected chi connectivity index (χ4v) is 3.54. The van der Waals surface area contributed by atoms with E-state index in [1.165, 1.54) is 12.8 Å². The lowest BCUT2D eigenvalue weighted by atomic mass is 9.98. The molecule has 3 atom stereocenters. The highest BCUT2D eigenvalue weighted by atomic mass is 35.5. The molecule has 2 bridgehead atoms. The topological polar surface area (TPSA) is 43.4 Å². The van der Waals surface area contributed by atoms with Gasteiger partial charge in [0.05, 0.1) is 0 Å². The van der Waals surface area contributed by atoms with Gasteiger partial charge in [0.2, 0.25) is 0 Å². The van der Waals surface area contributed by atoms with Gasteiger partial charge in [-0.25, -0.2) is 0 Å². The molecule has 3 nitrogen and oxygen atoms in total. The summed E-state index contributed by atoms with van der Waals surface area (Å²) in [4.78, 5) is 23.8. The molecule has 3 unspecified atom stereocenters. The van der Waals surface area contributed by atoms with Crippen molar-refractivity contribution in [3.8, 4) is 0 Å². The van der Waals surface area contributed by atoms with E-state index in [0.29, 0.717) is 16.5 Å². The van der Waals surface area contributed by atoms with E-state index in [-0.39, 0.29) is 18.3 Å². The first-order valence-corrected chi connectivity index (χ1v) is 7.48. The average Bonchev–Trinajstić information content (AvgIpc) is 3.01. The molecule has 4 heteroatoms. The van der Waals surface area contributed by atoms with E-state index in [9.17, 15) is 9.59 Å². The summed E-state index contributed by atoms with van der Waals surface area (Å²) >= 11 is 5.77. The van der Waals surface area contributed by atoms with Crippen molar-refractivity contribution in [2.75, 3.05) is 0 Å². The average molecular weight is 293 g/mol. The summed E-state index contributed by atoms with van der Waals surface area (Å²) in [5, 5.41) is 0.575. The molecule has 106 valence electrons. The van der Waals surface area contributed by atoms with Crippen LogP contribution in [0.15, 0.2) is 24.3 Å². The Morgan fingerprint density at radius 1 is 1.15 bits per heavy atom. The molecule has 1 aromatic carbocycles. The molecular formula is C16H17ClO3. The molecule has 20 heavy (non-hydrogen) atoms. The molecule has 0 N–H and O–H groups in total. The number of hydrogen-bond donors (Lipinski definition) is 0. The van der Waals surface area contributed by atoms with Crippen molar-refractivity contribution in [1.82, 2.24) is 0 Å². The lowest BCUT2D eigenvalue weighted by Gasteiger charge is -2.21. The highest BCUT2D eigenvalue weighted by Gasteiger charge is 2.41. The molecule has 0 amide bonds. The maximum absolute atomic E-state index is 12.0. The van der Waals surface area contributed by atoms with Crippen LogP contribution in [-0.4, -0.2) is 17.9 Å². The first-order chi connectivity index (χ1) is 9.61. The Morgan fingerprint density at radius 2 is 1.90 bits per heavy atom. The van der Waals surface area contributed by atoms with Crippen LogP contribution in [-0.2, 0) is 9.53 Å². The number of carbonyl (C=O) groups is 2. The zero-order chi connectivity index (χ0) is 14.1. The first-order valence-electron chi connectivity index (χ1n) is 7.10. The van der Waals surface area contributed by atoms with Crippen LogP contribution in [0.5, 0.6) is 0 Å². The van der Waals surface area contributed by atoms with Crippen LogP contribution < -0.4 is 0 Å². The van der Waals surface area contributed by atoms with Gasteiger partial charge in [-0.3, -0.25) is 9.59 Å². The molecule has 0 spiro atoms. The van der Waals surface area contributed by atoms with Crippen molar-refractivity contribution in [2.24, 2.45) is 11.8 Å². The summed E-state index contributed by atoms with van der Waals surface area (Å²) in [6.45, 7) is 0. The van der Waals surface area contributed by atoms with Gasteiger partial charge in [0, 0.05) is 10.6 Å². The van der Waals surface area contributed by atoms with Crippen LogP contribution >= 0.6 is 11.6 Å². The van der Waals surface area contributed by atoms with Crippen molar-refractivity contribution in [3.05, 3.63) is 34.9 Å². The van der Waals surface area contributed by atoms with Crippen LogP contribution in [0.3, 0.4) is 0 Å². The fraction of sp³-hybridized carbons (Fsp3) is 0.500. The van der Waals surface area contributed by atoms with Crippen LogP contribution in [0.4, 0.5) is 0 Å². The van der Waals surface area contributed by atoms with Gasteiger partial charge in [0.1, 0.15) is 12.5 Å². The van der Waals surface area contributed by atoms with E-state index in [2.05, 4.69) is 0 Å². The number of rotatable bonds is 4. The molecule has 2 aliphatic carbocycles. The third kappa shape index (κ3) is 2.88. The lowest BCUT2D eigenvalue weighted by Crippen LogP contribution is -2.25. The number of benzene rings is 1. The van der Waals surface area contributed by atoms with Gasteiger partial charge >= 0.3 is 5.97 Å². The molecule has 0 aliphatic heterocycles. The standard InChI is InChI=1S/C16H17ClO3/c17-13-5-3-11(4-6-13)14(18)9-16(19)20-15-8-10-1-2-12(15)7-10/h3-6,10,12,15H,1-2,7-9H2. The van der Waals surface area contributed by atoms with E-state index in [4.69, 9.17) is 16.3 Å². The number of carbonyl (C=O) groups excluding carboxylic acids is 2. The monoisotopic (exact) mass is 292 g/mol. The zero-order valence-corrected chi connectivity index (χ0v) is 11.9. The third-order valence-electron chi connectivity index (χ3n) is 4.43. The SMILES string of the molecule is O=C(CC(=O)c1ccc(Cl)cc1)OC1CC2CCC1C2. The minimum atomic E-state index is -0.400. The summed E-state index contributed by atoms with van der Waals surface area (Å²) in [6.07, 6.45) is 4.44. The molecule has 0 aromatic heterocycles. The highest BCUT2D eigenvalue weighted by molar-refractivity contribution is 6.30. The van der Waals surface area contributed by atoms with Gasteiger partial charge in [-0.1, -0.05) is 11.6 Å². The van der Waals surface area contributed by atoms with E-state index in [1.807, 2.05) is 0 Å². The first kappa shape index (κ1) is 13.6. The van der Waals surface area contributed by atoms with Crippen molar-refractivity contribution < 1.29 is 14.3 Å². The number of ketones is 1. The molecule has 1 aromatic rings. The molecule has 3 rings (SSSR count). The number of esters is 1. The normalized spacial score (nSPS) is 27.6. The molecule has 0 heterocycles. The number of Topliss-reactive ketones (excluding diaryl/α,β-unsaturated/α-hetero) is 1. The summed E-state index contributed by atoms with van der Waals surface area (Å²) in [6, 6.07) is 6.57. The van der Waals surface area contributed by atoms with Crippen LogP contribution in [0.1, 0.15) is 42.5 Å². The van der Waals surface area contributed by atoms with Gasteiger partial charge < -0.3 is 4.74 Å². The number of ether oxygens (including phenoxy) is 1. The molecular weight excluding hydrogens is 276 g/mol. The van der Waals surface area contributed by atoms with Crippen molar-refractivity contribution in [2.45, 2.75) is 38.2 Å². The van der Waals surface area contributed by atoms with Gasteiger partial charge in [0.25, 0.3) is 0 Å². The smallest absolute Gasteiger partial charge is 0.313 e. The van der Waals surface area contributed by atoms with E-state index in [1.54, 1.807) is 24.3 Å². The fourth-order valence-electron chi connectivity index (χ4n) is 3.41. The van der Waals surface area contributed by atoms with Gasteiger partial charge in [-0.2, -0.15) is 0 Å². The Balaban J connectivity index is 1.53. The largest absolute Gasteiger partial charge is 0.462 e. The summed E-state index contributed by atoms with van der Waals surface area (Å²) < 4.78 is 5.48. The van der Waals surface area contributed by atoms with Crippen molar-refractivity contribution >= 4 is 23.4 Å². The van der Waals surface area contributed by atoms with Crippen LogP contribution in [0, 0.1) is 11.8 Å². The summed E-state index contributed by atoms with van der Waals surface area (Å²) in [7, 11) is 0. The van der Waals surface area contributed by atoms with Crippen molar-refractivity contribution in [3.63, 3.8) is 0 Å². The Hall–Kier alpha value is -1.35. The van der Waals surface area contributed by atoms with Crippen LogP contribution in [0.25, 0.3) is 0 Å². The highest BCUT2D eigenvalue weighted by Crippen LogP contribution is 2.45. The molecule has 2 fully saturated rings. The quantitative estimate of drug-likeness (QED) is 0.483. The molecule has 2 saturated carbocycles. The van der Waals surface area contributed by atoms with Crippen LogP contribution in [0.2, 0.25) is 5.02 Å². The maximum Gasteiger partial charge on any atom is 0.313 e. The number of fused-ring (bicyclic) bond motifs is 2.